The number of para-hydroxylation sites is 1. The minimum atomic E-state index is -0.285. The van der Waals surface area contributed by atoms with Crippen LogP contribution >= 0.6 is 0 Å². The second-order valence-electron chi connectivity index (χ2n) is 8.40. The van der Waals surface area contributed by atoms with Gasteiger partial charge in [-0.25, -0.2) is 9.97 Å². The molecule has 4 heterocycles. The lowest BCUT2D eigenvalue weighted by atomic mass is 10.1. The van der Waals surface area contributed by atoms with Crippen molar-refractivity contribution in [3.05, 3.63) is 54.2 Å². The number of nitrogens with zero attached hydrogens (tertiary/aromatic N) is 5. The van der Waals surface area contributed by atoms with Crippen LogP contribution in [0.5, 0.6) is 0 Å². The van der Waals surface area contributed by atoms with Crippen molar-refractivity contribution in [2.24, 2.45) is 5.92 Å². The van der Waals surface area contributed by atoms with Crippen molar-refractivity contribution < 1.29 is 14.0 Å². The minimum absolute atomic E-state index is 0.00410. The third-order valence-corrected chi connectivity index (χ3v) is 6.22. The van der Waals surface area contributed by atoms with Crippen molar-refractivity contribution >= 4 is 28.5 Å². The van der Waals surface area contributed by atoms with E-state index in [4.69, 9.17) is 10.2 Å². The molecule has 2 saturated heterocycles. The van der Waals surface area contributed by atoms with Crippen LogP contribution in [0.3, 0.4) is 0 Å². The summed E-state index contributed by atoms with van der Waals surface area (Å²) in [6, 6.07) is 11.4. The van der Waals surface area contributed by atoms with Crippen LogP contribution in [0, 0.1) is 5.92 Å². The Kier molecular flexibility index (Phi) is 5.48. The standard InChI is InChI=1S/C23H26N6O3/c24-22-18-5-1-2-6-19(18)25-20(26-22)15-27-7-9-28(10-8-27)23(31)16-12-21(30)29(13-16)14-17-4-3-11-32-17/h1-6,11,16H,7-10,12-15H2,(H2,24,25,26). The average molecular weight is 435 g/mol. The van der Waals surface area contributed by atoms with Gasteiger partial charge in [0.15, 0.2) is 0 Å². The molecule has 2 fully saturated rings. The van der Waals surface area contributed by atoms with E-state index in [2.05, 4.69) is 14.9 Å². The Balaban J connectivity index is 1.15. The second-order valence-corrected chi connectivity index (χ2v) is 8.40. The molecule has 2 aliphatic rings. The van der Waals surface area contributed by atoms with Gasteiger partial charge in [-0.2, -0.15) is 0 Å². The number of amides is 2. The number of carbonyl (C=O) groups excluding carboxylic acids is 2. The van der Waals surface area contributed by atoms with Gasteiger partial charge >= 0.3 is 0 Å². The van der Waals surface area contributed by atoms with E-state index in [1.54, 1.807) is 17.2 Å². The number of rotatable bonds is 5. The first kappa shape index (κ1) is 20.4. The molecule has 9 heteroatoms. The van der Waals surface area contributed by atoms with Crippen molar-refractivity contribution in [2.45, 2.75) is 19.5 Å². The molecule has 2 aromatic heterocycles. The van der Waals surface area contributed by atoms with Crippen molar-refractivity contribution in [3.8, 4) is 0 Å². The molecule has 32 heavy (non-hydrogen) atoms. The maximum absolute atomic E-state index is 13.0. The van der Waals surface area contributed by atoms with Crippen molar-refractivity contribution in [1.29, 1.82) is 0 Å². The lowest BCUT2D eigenvalue weighted by Gasteiger charge is -2.35. The van der Waals surface area contributed by atoms with Crippen LogP contribution in [-0.4, -0.2) is 69.2 Å². The first-order chi connectivity index (χ1) is 15.6. The van der Waals surface area contributed by atoms with E-state index in [1.807, 2.05) is 35.2 Å². The molecular formula is C23H26N6O3. The number of nitrogens with two attached hydrogens (primary N) is 1. The summed E-state index contributed by atoms with van der Waals surface area (Å²) >= 11 is 0. The molecule has 0 saturated carbocycles. The molecule has 2 aliphatic heterocycles. The van der Waals surface area contributed by atoms with Gasteiger partial charge in [-0.3, -0.25) is 14.5 Å². The third-order valence-electron chi connectivity index (χ3n) is 6.22. The number of benzene rings is 1. The molecule has 1 atom stereocenters. The van der Waals surface area contributed by atoms with E-state index in [0.29, 0.717) is 44.4 Å². The topological polar surface area (TPSA) is 109 Å². The molecule has 1 aromatic carbocycles. The van der Waals surface area contributed by atoms with Crippen molar-refractivity contribution in [1.82, 2.24) is 24.7 Å². The van der Waals surface area contributed by atoms with Gasteiger partial charge in [-0.1, -0.05) is 12.1 Å². The highest BCUT2D eigenvalue weighted by Gasteiger charge is 2.37. The maximum atomic E-state index is 13.0. The van der Waals surface area contributed by atoms with E-state index in [1.165, 1.54) is 0 Å². The highest BCUT2D eigenvalue weighted by atomic mass is 16.3. The Morgan fingerprint density at radius 3 is 2.66 bits per heavy atom. The van der Waals surface area contributed by atoms with Crippen LogP contribution in [0.2, 0.25) is 0 Å². The predicted octanol–water partition coefficient (Wildman–Crippen LogP) is 1.50. The van der Waals surface area contributed by atoms with Gasteiger partial charge in [-0.05, 0) is 24.3 Å². The Labute approximate surface area is 185 Å². The zero-order valence-corrected chi connectivity index (χ0v) is 17.8. The summed E-state index contributed by atoms with van der Waals surface area (Å²) in [5.74, 6) is 1.69. The summed E-state index contributed by atoms with van der Waals surface area (Å²) in [5, 5.41) is 0.860. The molecule has 166 valence electrons. The number of fused-ring (bicyclic) bond motifs is 1. The normalized spacial score (nSPS) is 19.8. The highest BCUT2D eigenvalue weighted by Crippen LogP contribution is 2.23. The molecule has 0 aliphatic carbocycles. The first-order valence-electron chi connectivity index (χ1n) is 10.9. The Morgan fingerprint density at radius 1 is 1.06 bits per heavy atom. The lowest BCUT2D eigenvalue weighted by molar-refractivity contribution is -0.137. The summed E-state index contributed by atoms with van der Waals surface area (Å²) in [5.41, 5.74) is 6.94. The molecule has 0 bridgehead atoms. The predicted molar refractivity (Wildman–Crippen MR) is 118 cm³/mol. The quantitative estimate of drug-likeness (QED) is 0.648. The van der Waals surface area contributed by atoms with Gasteiger partial charge in [0.2, 0.25) is 11.8 Å². The molecule has 2 N–H and O–H groups in total. The van der Waals surface area contributed by atoms with Crippen LogP contribution < -0.4 is 5.73 Å². The monoisotopic (exact) mass is 434 g/mol. The van der Waals surface area contributed by atoms with Crippen LogP contribution in [0.15, 0.2) is 47.1 Å². The molecule has 1 unspecified atom stereocenters. The van der Waals surface area contributed by atoms with Crippen LogP contribution in [0.1, 0.15) is 18.0 Å². The number of furan rings is 1. The fourth-order valence-electron chi connectivity index (χ4n) is 4.49. The van der Waals surface area contributed by atoms with E-state index < -0.39 is 0 Å². The Hall–Kier alpha value is -3.46. The number of piperazine rings is 1. The molecule has 2 amide bonds. The fraction of sp³-hybridized carbons (Fsp3) is 0.391. The SMILES string of the molecule is Nc1nc(CN2CCN(C(=O)C3CC(=O)N(Cc4ccco4)C3)CC2)nc2ccccc12. The van der Waals surface area contributed by atoms with E-state index in [-0.39, 0.29) is 24.2 Å². The molecular weight excluding hydrogens is 408 g/mol. The summed E-state index contributed by atoms with van der Waals surface area (Å²) in [7, 11) is 0. The number of hydrogen-bond acceptors (Lipinski definition) is 7. The lowest BCUT2D eigenvalue weighted by Crippen LogP contribution is -2.50. The number of hydrogen-bond donors (Lipinski definition) is 1. The summed E-state index contributed by atoms with van der Waals surface area (Å²) < 4.78 is 5.33. The average Bonchev–Trinajstić information content (AvgIpc) is 3.44. The summed E-state index contributed by atoms with van der Waals surface area (Å²) in [4.78, 5) is 40.3. The number of likely N-dealkylation sites (tertiary alicyclic amines) is 1. The second kappa shape index (κ2) is 8.58. The van der Waals surface area contributed by atoms with E-state index in [9.17, 15) is 9.59 Å². The summed E-state index contributed by atoms with van der Waals surface area (Å²) in [6.45, 7) is 4.18. The van der Waals surface area contributed by atoms with Gasteiger partial charge in [-0.15, -0.1) is 0 Å². The third kappa shape index (κ3) is 4.16. The molecule has 3 aromatic rings. The zero-order chi connectivity index (χ0) is 22.1. The van der Waals surface area contributed by atoms with Gasteiger partial charge < -0.3 is 20.0 Å². The number of carbonyl (C=O) groups is 2. The van der Waals surface area contributed by atoms with Crippen molar-refractivity contribution in [3.63, 3.8) is 0 Å². The fourth-order valence-corrected chi connectivity index (χ4v) is 4.49. The highest BCUT2D eigenvalue weighted by molar-refractivity contribution is 5.89. The summed E-state index contributed by atoms with van der Waals surface area (Å²) in [6.07, 6.45) is 1.86. The van der Waals surface area contributed by atoms with E-state index >= 15 is 0 Å². The molecule has 9 nitrogen and oxygen atoms in total. The Morgan fingerprint density at radius 2 is 1.88 bits per heavy atom. The van der Waals surface area contributed by atoms with Crippen LogP contribution in [0.4, 0.5) is 5.82 Å². The van der Waals surface area contributed by atoms with Gasteiger partial charge in [0.1, 0.15) is 17.4 Å². The van der Waals surface area contributed by atoms with Gasteiger partial charge in [0.25, 0.3) is 0 Å². The number of anilines is 1. The van der Waals surface area contributed by atoms with Gasteiger partial charge in [0.05, 0.1) is 30.8 Å². The molecule has 5 rings (SSSR count). The zero-order valence-electron chi connectivity index (χ0n) is 17.8. The largest absolute Gasteiger partial charge is 0.467 e. The van der Waals surface area contributed by atoms with E-state index in [0.717, 1.165) is 29.8 Å². The number of nitrogen functional groups attached to an aromatic ring is 1. The maximum Gasteiger partial charge on any atom is 0.228 e. The van der Waals surface area contributed by atoms with Crippen LogP contribution in [0.25, 0.3) is 10.9 Å². The molecule has 0 radical (unpaired) electrons. The van der Waals surface area contributed by atoms with Crippen LogP contribution in [-0.2, 0) is 22.7 Å². The Bertz CT molecular complexity index is 1120. The smallest absolute Gasteiger partial charge is 0.228 e. The van der Waals surface area contributed by atoms with Crippen molar-refractivity contribution in [2.75, 3.05) is 38.5 Å². The minimum Gasteiger partial charge on any atom is -0.467 e. The molecule has 0 spiro atoms. The number of aromatic nitrogens is 2. The van der Waals surface area contributed by atoms with Gasteiger partial charge in [0, 0.05) is 44.5 Å². The first-order valence-corrected chi connectivity index (χ1v) is 10.9.